The molecule has 0 aromatic heterocycles. The maximum Gasteiger partial charge on any atom is 0.251 e. The van der Waals surface area contributed by atoms with Crippen LogP contribution in [0, 0.1) is 5.41 Å². The first-order valence-electron chi connectivity index (χ1n) is 6.83. The van der Waals surface area contributed by atoms with Gasteiger partial charge in [-0.05, 0) is 46.9 Å². The number of amides is 1. The van der Waals surface area contributed by atoms with Crippen LogP contribution in [0.15, 0.2) is 40.9 Å². The van der Waals surface area contributed by atoms with Crippen LogP contribution in [0.3, 0.4) is 0 Å². The lowest BCUT2D eigenvalue weighted by Crippen LogP contribution is -2.27. The Morgan fingerprint density at radius 1 is 1.10 bits per heavy atom. The second-order valence-electron chi connectivity index (χ2n) is 6.27. The van der Waals surface area contributed by atoms with E-state index >= 15 is 0 Å². The second kappa shape index (κ2) is 5.96. The van der Waals surface area contributed by atoms with Gasteiger partial charge in [-0.2, -0.15) is 0 Å². The van der Waals surface area contributed by atoms with Gasteiger partial charge in [0.1, 0.15) is 0 Å². The summed E-state index contributed by atoms with van der Waals surface area (Å²) in [6, 6.07) is 11.9. The summed E-state index contributed by atoms with van der Waals surface area (Å²) in [6.07, 6.45) is 0.971. The van der Waals surface area contributed by atoms with E-state index in [1.54, 1.807) is 0 Å². The van der Waals surface area contributed by atoms with Crippen molar-refractivity contribution in [3.8, 4) is 0 Å². The maximum atomic E-state index is 12.1. The van der Waals surface area contributed by atoms with Crippen LogP contribution in [0.1, 0.15) is 37.6 Å². The molecular weight excluding hydrogens is 314 g/mol. The molecule has 1 amide bonds. The van der Waals surface area contributed by atoms with Crippen LogP contribution in [0.4, 0.5) is 0 Å². The maximum absolute atomic E-state index is 12.1. The van der Waals surface area contributed by atoms with Crippen molar-refractivity contribution >= 4 is 32.6 Å². The number of benzene rings is 2. The molecule has 0 heterocycles. The molecule has 0 unspecified atom stereocenters. The molecule has 106 valence electrons. The van der Waals surface area contributed by atoms with Crippen molar-refractivity contribution in [3.63, 3.8) is 0 Å². The summed E-state index contributed by atoms with van der Waals surface area (Å²) in [4.78, 5) is 12.1. The Kier molecular flexibility index (Phi) is 4.48. The van der Waals surface area contributed by atoms with Crippen LogP contribution in [0.25, 0.3) is 10.8 Å². The first-order chi connectivity index (χ1) is 9.35. The molecule has 0 saturated carbocycles. The predicted octanol–water partition coefficient (Wildman–Crippen LogP) is 4.77. The Morgan fingerprint density at radius 2 is 1.75 bits per heavy atom. The SMILES string of the molecule is CC(C)(C)CCNC(=O)c1ccc2cc(Br)ccc2c1. The van der Waals surface area contributed by atoms with Crippen molar-refractivity contribution in [3.05, 3.63) is 46.4 Å². The second-order valence-corrected chi connectivity index (χ2v) is 7.19. The fourth-order valence-electron chi connectivity index (χ4n) is 2.01. The van der Waals surface area contributed by atoms with Gasteiger partial charge in [0.15, 0.2) is 0 Å². The average Bonchev–Trinajstić information content (AvgIpc) is 2.36. The molecule has 0 aliphatic rings. The van der Waals surface area contributed by atoms with Crippen LogP contribution in [-0.2, 0) is 0 Å². The van der Waals surface area contributed by atoms with Crippen LogP contribution < -0.4 is 5.32 Å². The largest absolute Gasteiger partial charge is 0.352 e. The molecule has 0 aliphatic heterocycles. The zero-order valence-corrected chi connectivity index (χ0v) is 13.8. The molecule has 2 rings (SSSR count). The summed E-state index contributed by atoms with van der Waals surface area (Å²) in [5.41, 5.74) is 0.955. The van der Waals surface area contributed by atoms with Gasteiger partial charge in [0.25, 0.3) is 5.91 Å². The van der Waals surface area contributed by atoms with Crippen molar-refractivity contribution in [2.75, 3.05) is 6.54 Å². The van der Waals surface area contributed by atoms with E-state index in [-0.39, 0.29) is 11.3 Å². The van der Waals surface area contributed by atoms with Crippen LogP contribution in [0.5, 0.6) is 0 Å². The summed E-state index contributed by atoms with van der Waals surface area (Å²) < 4.78 is 1.05. The smallest absolute Gasteiger partial charge is 0.251 e. The predicted molar refractivity (Wildman–Crippen MR) is 88.1 cm³/mol. The fourth-order valence-corrected chi connectivity index (χ4v) is 2.39. The molecule has 1 N–H and O–H groups in total. The molecule has 0 spiro atoms. The van der Waals surface area contributed by atoms with Gasteiger partial charge in [-0.15, -0.1) is 0 Å². The number of nitrogens with one attached hydrogen (secondary N) is 1. The van der Waals surface area contributed by atoms with Gasteiger partial charge < -0.3 is 5.32 Å². The minimum atomic E-state index is -0.000862. The fraction of sp³-hybridized carbons (Fsp3) is 0.353. The Bertz CT molecular complexity index is 628. The van der Waals surface area contributed by atoms with Gasteiger partial charge in [-0.3, -0.25) is 4.79 Å². The first kappa shape index (κ1) is 15.0. The molecule has 2 nitrogen and oxygen atoms in total. The molecule has 0 aliphatic carbocycles. The lowest BCUT2D eigenvalue weighted by atomic mass is 9.92. The van der Waals surface area contributed by atoms with Gasteiger partial charge in [0.2, 0.25) is 0 Å². The van der Waals surface area contributed by atoms with Crippen molar-refractivity contribution < 1.29 is 4.79 Å². The zero-order chi connectivity index (χ0) is 14.8. The Labute approximate surface area is 128 Å². The van der Waals surface area contributed by atoms with Gasteiger partial charge in [-0.25, -0.2) is 0 Å². The summed E-state index contributed by atoms with van der Waals surface area (Å²) >= 11 is 3.45. The van der Waals surface area contributed by atoms with Crippen molar-refractivity contribution in [2.45, 2.75) is 27.2 Å². The lowest BCUT2D eigenvalue weighted by Gasteiger charge is -2.18. The van der Waals surface area contributed by atoms with Crippen LogP contribution in [0.2, 0.25) is 0 Å². The highest BCUT2D eigenvalue weighted by Gasteiger charge is 2.11. The van der Waals surface area contributed by atoms with Crippen LogP contribution >= 0.6 is 15.9 Å². The molecule has 2 aromatic rings. The van der Waals surface area contributed by atoms with E-state index < -0.39 is 0 Å². The van der Waals surface area contributed by atoms with Gasteiger partial charge in [-0.1, -0.05) is 48.8 Å². The van der Waals surface area contributed by atoms with E-state index in [4.69, 9.17) is 0 Å². The number of fused-ring (bicyclic) bond motifs is 1. The Hall–Kier alpha value is -1.35. The highest BCUT2D eigenvalue weighted by atomic mass is 79.9. The summed E-state index contributed by atoms with van der Waals surface area (Å²) in [7, 11) is 0. The third-order valence-corrected chi connectivity index (χ3v) is 3.72. The molecule has 0 radical (unpaired) electrons. The molecule has 0 bridgehead atoms. The third-order valence-electron chi connectivity index (χ3n) is 3.23. The third kappa shape index (κ3) is 4.07. The number of carbonyl (C=O) groups is 1. The van der Waals surface area contributed by atoms with Crippen molar-refractivity contribution in [1.29, 1.82) is 0 Å². The van der Waals surface area contributed by atoms with E-state index in [0.29, 0.717) is 12.1 Å². The van der Waals surface area contributed by atoms with Gasteiger partial charge in [0.05, 0.1) is 0 Å². The minimum absolute atomic E-state index is 0.000862. The molecule has 0 atom stereocenters. The van der Waals surface area contributed by atoms with Crippen molar-refractivity contribution in [1.82, 2.24) is 5.32 Å². The van der Waals surface area contributed by atoms with E-state index in [9.17, 15) is 4.79 Å². The minimum Gasteiger partial charge on any atom is -0.352 e. The molecule has 20 heavy (non-hydrogen) atoms. The van der Waals surface area contributed by atoms with E-state index in [0.717, 1.165) is 21.7 Å². The molecule has 0 saturated heterocycles. The normalized spacial score (nSPS) is 11.6. The topological polar surface area (TPSA) is 29.1 Å². The monoisotopic (exact) mass is 333 g/mol. The number of hydrogen-bond acceptors (Lipinski definition) is 1. The number of rotatable bonds is 3. The Balaban J connectivity index is 2.09. The first-order valence-corrected chi connectivity index (χ1v) is 7.62. The quantitative estimate of drug-likeness (QED) is 0.861. The zero-order valence-electron chi connectivity index (χ0n) is 12.2. The standard InChI is InChI=1S/C17H20BrNO/c1-17(2,3)8-9-19-16(20)14-5-4-13-11-15(18)7-6-12(13)10-14/h4-7,10-11H,8-9H2,1-3H3,(H,19,20). The summed E-state index contributed by atoms with van der Waals surface area (Å²) in [5, 5.41) is 5.19. The molecule has 2 aromatic carbocycles. The van der Waals surface area contributed by atoms with Crippen molar-refractivity contribution in [2.24, 2.45) is 5.41 Å². The van der Waals surface area contributed by atoms with Gasteiger partial charge in [0, 0.05) is 16.6 Å². The Morgan fingerprint density at radius 3 is 2.45 bits per heavy atom. The number of hydrogen-bond donors (Lipinski definition) is 1. The summed E-state index contributed by atoms with van der Waals surface area (Å²) in [6.45, 7) is 7.23. The number of carbonyl (C=O) groups excluding carboxylic acids is 1. The molecular formula is C17H20BrNO. The molecule has 3 heteroatoms. The lowest BCUT2D eigenvalue weighted by molar-refractivity contribution is 0.0949. The molecule has 0 fully saturated rings. The van der Waals surface area contributed by atoms with E-state index in [2.05, 4.69) is 48.1 Å². The van der Waals surface area contributed by atoms with Crippen LogP contribution in [-0.4, -0.2) is 12.5 Å². The highest BCUT2D eigenvalue weighted by molar-refractivity contribution is 9.10. The van der Waals surface area contributed by atoms with Gasteiger partial charge >= 0.3 is 0 Å². The number of halogens is 1. The average molecular weight is 334 g/mol. The van der Waals surface area contributed by atoms with E-state index in [1.165, 1.54) is 0 Å². The highest BCUT2D eigenvalue weighted by Crippen LogP contribution is 2.21. The van der Waals surface area contributed by atoms with E-state index in [1.807, 2.05) is 30.3 Å². The summed E-state index contributed by atoms with van der Waals surface area (Å²) in [5.74, 6) is -0.000862.